The molecule has 1 aromatic carbocycles. The molecule has 2 N–H and O–H groups in total. The maximum absolute atomic E-state index is 6.68. The molecule has 1 saturated carbocycles. The zero-order valence-corrected chi connectivity index (χ0v) is 11.7. The Balaban J connectivity index is 1.88. The Labute approximate surface area is 115 Å². The molecule has 19 heavy (non-hydrogen) atoms. The molecule has 3 nitrogen and oxygen atoms in total. The lowest BCUT2D eigenvalue weighted by Crippen LogP contribution is -2.41. The fourth-order valence-electron chi connectivity index (χ4n) is 3.39. The number of ether oxygens (including phenoxy) is 2. The second-order valence-corrected chi connectivity index (χ2v) is 5.89. The van der Waals surface area contributed by atoms with Gasteiger partial charge in [0.25, 0.3) is 0 Å². The van der Waals surface area contributed by atoms with Crippen molar-refractivity contribution < 1.29 is 9.47 Å². The standard InChI is InChI=1S/C16H23NO2/c1-2-12-4-3-7-16(17,11-12)13-5-6-14-15(10-13)19-9-8-18-14/h5-6,10,12H,2-4,7-9,11,17H2,1H3. The van der Waals surface area contributed by atoms with Crippen LogP contribution < -0.4 is 15.2 Å². The van der Waals surface area contributed by atoms with Crippen LogP contribution in [0.25, 0.3) is 0 Å². The zero-order valence-electron chi connectivity index (χ0n) is 11.7. The molecule has 1 fully saturated rings. The van der Waals surface area contributed by atoms with Gasteiger partial charge in [0.15, 0.2) is 11.5 Å². The second kappa shape index (κ2) is 5.04. The number of benzene rings is 1. The van der Waals surface area contributed by atoms with E-state index in [4.69, 9.17) is 15.2 Å². The van der Waals surface area contributed by atoms with Crippen molar-refractivity contribution >= 4 is 0 Å². The Morgan fingerprint density at radius 3 is 2.84 bits per heavy atom. The smallest absolute Gasteiger partial charge is 0.161 e. The van der Waals surface area contributed by atoms with Crippen molar-refractivity contribution in [1.82, 2.24) is 0 Å². The predicted molar refractivity (Wildman–Crippen MR) is 75.5 cm³/mol. The lowest BCUT2D eigenvalue weighted by atomic mass is 9.72. The summed E-state index contributed by atoms with van der Waals surface area (Å²) in [6.07, 6.45) is 5.93. The van der Waals surface area contributed by atoms with E-state index in [9.17, 15) is 0 Å². The summed E-state index contributed by atoms with van der Waals surface area (Å²) in [6, 6.07) is 6.21. The van der Waals surface area contributed by atoms with Crippen LogP contribution in [0.15, 0.2) is 18.2 Å². The third-order valence-corrected chi connectivity index (χ3v) is 4.58. The van der Waals surface area contributed by atoms with Crippen LogP contribution in [-0.4, -0.2) is 13.2 Å². The molecule has 0 amide bonds. The average molecular weight is 261 g/mol. The van der Waals surface area contributed by atoms with Crippen LogP contribution >= 0.6 is 0 Å². The van der Waals surface area contributed by atoms with Crippen LogP contribution in [0, 0.1) is 5.92 Å². The van der Waals surface area contributed by atoms with Crippen molar-refractivity contribution in [2.24, 2.45) is 11.7 Å². The molecule has 0 aromatic heterocycles. The third kappa shape index (κ3) is 2.44. The molecule has 2 unspecified atom stereocenters. The first kappa shape index (κ1) is 12.8. The number of hydrogen-bond acceptors (Lipinski definition) is 3. The molecule has 104 valence electrons. The van der Waals surface area contributed by atoms with E-state index in [1.54, 1.807) is 0 Å². The fourth-order valence-corrected chi connectivity index (χ4v) is 3.39. The molecule has 2 aliphatic rings. The van der Waals surface area contributed by atoms with Gasteiger partial charge in [0, 0.05) is 5.54 Å². The van der Waals surface area contributed by atoms with Crippen molar-refractivity contribution in [3.63, 3.8) is 0 Å². The van der Waals surface area contributed by atoms with E-state index in [2.05, 4.69) is 19.1 Å². The fraction of sp³-hybridized carbons (Fsp3) is 0.625. The van der Waals surface area contributed by atoms with E-state index in [1.807, 2.05) is 6.07 Å². The Hall–Kier alpha value is -1.22. The van der Waals surface area contributed by atoms with E-state index >= 15 is 0 Å². The van der Waals surface area contributed by atoms with Gasteiger partial charge in [-0.3, -0.25) is 0 Å². The minimum Gasteiger partial charge on any atom is -0.486 e. The molecular weight excluding hydrogens is 238 g/mol. The SMILES string of the molecule is CCC1CCCC(N)(c2ccc3c(c2)OCCO3)C1. The summed E-state index contributed by atoms with van der Waals surface area (Å²) in [4.78, 5) is 0. The van der Waals surface area contributed by atoms with Gasteiger partial charge in [-0.1, -0.05) is 32.3 Å². The van der Waals surface area contributed by atoms with Gasteiger partial charge >= 0.3 is 0 Å². The van der Waals surface area contributed by atoms with E-state index in [-0.39, 0.29) is 5.54 Å². The van der Waals surface area contributed by atoms with Crippen LogP contribution in [0.1, 0.15) is 44.6 Å². The third-order valence-electron chi connectivity index (χ3n) is 4.58. The molecule has 0 bridgehead atoms. The summed E-state index contributed by atoms with van der Waals surface area (Å²) >= 11 is 0. The van der Waals surface area contributed by atoms with E-state index in [0.717, 1.165) is 30.3 Å². The predicted octanol–water partition coefficient (Wildman–Crippen LogP) is 3.21. The molecule has 0 saturated heterocycles. The van der Waals surface area contributed by atoms with Crippen molar-refractivity contribution in [1.29, 1.82) is 0 Å². The monoisotopic (exact) mass is 261 g/mol. The second-order valence-electron chi connectivity index (χ2n) is 5.89. The lowest BCUT2D eigenvalue weighted by Gasteiger charge is -2.38. The van der Waals surface area contributed by atoms with E-state index < -0.39 is 0 Å². The first-order valence-corrected chi connectivity index (χ1v) is 7.40. The van der Waals surface area contributed by atoms with Crippen LogP contribution in [0.3, 0.4) is 0 Å². The molecule has 1 heterocycles. The van der Waals surface area contributed by atoms with Crippen molar-refractivity contribution in [3.05, 3.63) is 23.8 Å². The van der Waals surface area contributed by atoms with Crippen molar-refractivity contribution in [2.45, 2.75) is 44.6 Å². The maximum Gasteiger partial charge on any atom is 0.161 e. The quantitative estimate of drug-likeness (QED) is 0.889. The zero-order chi connectivity index (χ0) is 13.3. The summed E-state index contributed by atoms with van der Waals surface area (Å²) in [7, 11) is 0. The molecule has 1 aliphatic carbocycles. The highest BCUT2D eigenvalue weighted by Gasteiger charge is 2.34. The lowest BCUT2D eigenvalue weighted by molar-refractivity contribution is 0.169. The molecule has 3 heteroatoms. The summed E-state index contributed by atoms with van der Waals surface area (Å²) < 4.78 is 11.2. The summed E-state index contributed by atoms with van der Waals surface area (Å²) in [5, 5.41) is 0. The summed E-state index contributed by atoms with van der Waals surface area (Å²) in [5.41, 5.74) is 7.70. The maximum atomic E-state index is 6.68. The minimum absolute atomic E-state index is 0.186. The van der Waals surface area contributed by atoms with E-state index in [1.165, 1.54) is 24.8 Å². The van der Waals surface area contributed by atoms with Gasteiger partial charge < -0.3 is 15.2 Å². The van der Waals surface area contributed by atoms with Crippen molar-refractivity contribution in [3.8, 4) is 11.5 Å². The Morgan fingerprint density at radius 1 is 1.26 bits per heavy atom. The number of fused-ring (bicyclic) bond motifs is 1. The van der Waals surface area contributed by atoms with Gasteiger partial charge in [0.1, 0.15) is 13.2 Å². The molecule has 3 rings (SSSR count). The molecule has 2 atom stereocenters. The topological polar surface area (TPSA) is 44.5 Å². The van der Waals surface area contributed by atoms with Crippen LogP contribution in [0.2, 0.25) is 0 Å². The molecule has 0 spiro atoms. The first-order chi connectivity index (χ1) is 9.21. The van der Waals surface area contributed by atoms with Gasteiger partial charge in [-0.05, 0) is 36.5 Å². The van der Waals surface area contributed by atoms with Crippen LogP contribution in [0.4, 0.5) is 0 Å². The van der Waals surface area contributed by atoms with Gasteiger partial charge in [-0.25, -0.2) is 0 Å². The Kier molecular flexibility index (Phi) is 3.40. The largest absolute Gasteiger partial charge is 0.486 e. The van der Waals surface area contributed by atoms with Crippen LogP contribution in [0.5, 0.6) is 11.5 Å². The van der Waals surface area contributed by atoms with Gasteiger partial charge in [-0.15, -0.1) is 0 Å². The normalized spacial score (nSPS) is 30.1. The highest BCUT2D eigenvalue weighted by molar-refractivity contribution is 5.45. The molecular formula is C16H23NO2. The van der Waals surface area contributed by atoms with Crippen molar-refractivity contribution in [2.75, 3.05) is 13.2 Å². The summed E-state index contributed by atoms with van der Waals surface area (Å²) in [5.74, 6) is 2.46. The number of rotatable bonds is 2. The highest BCUT2D eigenvalue weighted by atomic mass is 16.6. The molecule has 0 radical (unpaired) electrons. The van der Waals surface area contributed by atoms with Crippen LogP contribution in [-0.2, 0) is 5.54 Å². The Bertz CT molecular complexity index is 460. The van der Waals surface area contributed by atoms with Gasteiger partial charge in [0.2, 0.25) is 0 Å². The molecule has 1 aliphatic heterocycles. The highest BCUT2D eigenvalue weighted by Crippen LogP contribution is 2.42. The average Bonchev–Trinajstić information content (AvgIpc) is 2.46. The summed E-state index contributed by atoms with van der Waals surface area (Å²) in [6.45, 7) is 3.53. The molecule has 1 aromatic rings. The Morgan fingerprint density at radius 2 is 2.05 bits per heavy atom. The van der Waals surface area contributed by atoms with E-state index in [0.29, 0.717) is 13.2 Å². The number of nitrogens with two attached hydrogens (primary N) is 1. The number of hydrogen-bond donors (Lipinski definition) is 1. The van der Waals surface area contributed by atoms with Gasteiger partial charge in [-0.2, -0.15) is 0 Å². The first-order valence-electron chi connectivity index (χ1n) is 7.40. The minimum atomic E-state index is -0.186. The van der Waals surface area contributed by atoms with Gasteiger partial charge in [0.05, 0.1) is 0 Å².